The lowest BCUT2D eigenvalue weighted by atomic mass is 10.0. The van der Waals surface area contributed by atoms with E-state index >= 15 is 0 Å². The number of carbonyl (C=O) groups is 1. The molecule has 1 aromatic carbocycles. The van der Waals surface area contributed by atoms with Gasteiger partial charge in [0.05, 0.1) is 18.2 Å². The van der Waals surface area contributed by atoms with Gasteiger partial charge in [-0.15, -0.1) is 0 Å². The molecule has 1 N–H and O–H groups in total. The highest BCUT2D eigenvalue weighted by Gasteiger charge is 2.18. The van der Waals surface area contributed by atoms with Gasteiger partial charge < -0.3 is 10.2 Å². The molecule has 0 radical (unpaired) electrons. The minimum absolute atomic E-state index is 0.0169. The summed E-state index contributed by atoms with van der Waals surface area (Å²) >= 11 is 0. The van der Waals surface area contributed by atoms with E-state index in [-0.39, 0.29) is 18.0 Å². The maximum Gasteiger partial charge on any atom is 0.239 e. The van der Waals surface area contributed by atoms with Gasteiger partial charge in [-0.3, -0.25) is 4.79 Å². The predicted molar refractivity (Wildman–Crippen MR) is 76.9 cm³/mol. The van der Waals surface area contributed by atoms with Gasteiger partial charge in [0.2, 0.25) is 5.91 Å². The second-order valence-corrected chi connectivity index (χ2v) is 5.30. The van der Waals surface area contributed by atoms with Gasteiger partial charge in [0, 0.05) is 18.3 Å². The maximum absolute atomic E-state index is 11.9. The van der Waals surface area contributed by atoms with E-state index in [0.29, 0.717) is 5.56 Å². The van der Waals surface area contributed by atoms with Crippen molar-refractivity contribution in [2.75, 3.05) is 18.5 Å². The highest BCUT2D eigenvalue weighted by molar-refractivity contribution is 5.81. The number of amides is 1. The first-order valence-corrected chi connectivity index (χ1v) is 6.40. The topological polar surface area (TPSA) is 56.1 Å². The first kappa shape index (κ1) is 15.0. The summed E-state index contributed by atoms with van der Waals surface area (Å²) in [4.78, 5) is 13.8. The molecule has 0 saturated heterocycles. The largest absolute Gasteiger partial charge is 0.365 e. The number of hydrogen-bond donors (Lipinski definition) is 1. The molecule has 1 aromatic rings. The molecule has 0 aliphatic carbocycles. The van der Waals surface area contributed by atoms with Crippen molar-refractivity contribution in [3.63, 3.8) is 0 Å². The number of benzene rings is 1. The molecule has 1 rings (SSSR count). The van der Waals surface area contributed by atoms with Crippen LogP contribution in [0, 0.1) is 11.3 Å². The molecule has 0 bridgehead atoms. The van der Waals surface area contributed by atoms with Crippen molar-refractivity contribution in [3.05, 3.63) is 29.8 Å². The number of nitrogens with zero attached hydrogens (tertiary/aromatic N) is 2. The molecule has 0 heterocycles. The summed E-state index contributed by atoms with van der Waals surface area (Å²) in [5, 5.41) is 11.9. The summed E-state index contributed by atoms with van der Waals surface area (Å²) < 4.78 is 0. The second-order valence-electron chi connectivity index (χ2n) is 5.30. The van der Waals surface area contributed by atoms with E-state index in [9.17, 15) is 4.79 Å². The SMILES string of the molecule is CCC(C)(C)NC(=O)CN(C)c1cccc(C#N)c1. The predicted octanol–water partition coefficient (Wildman–Crippen LogP) is 2.30. The lowest BCUT2D eigenvalue weighted by molar-refractivity contribution is -0.121. The summed E-state index contributed by atoms with van der Waals surface area (Å²) in [5.74, 6) is -0.0169. The molecule has 0 aromatic heterocycles. The standard InChI is InChI=1S/C15H21N3O/c1-5-15(2,3)17-14(19)11-18(4)13-8-6-7-12(9-13)10-16/h6-9H,5,11H2,1-4H3,(H,17,19). The Labute approximate surface area is 115 Å². The van der Waals surface area contributed by atoms with Crippen LogP contribution in [0.25, 0.3) is 0 Å². The molecule has 19 heavy (non-hydrogen) atoms. The van der Waals surface area contributed by atoms with Gasteiger partial charge in [0.1, 0.15) is 0 Å². The van der Waals surface area contributed by atoms with Gasteiger partial charge in [-0.05, 0) is 38.5 Å². The molecule has 0 aliphatic heterocycles. The van der Waals surface area contributed by atoms with Crippen molar-refractivity contribution in [1.29, 1.82) is 5.26 Å². The third kappa shape index (κ3) is 4.63. The Hall–Kier alpha value is -2.02. The van der Waals surface area contributed by atoms with Crippen LogP contribution in [-0.2, 0) is 4.79 Å². The van der Waals surface area contributed by atoms with Crippen LogP contribution >= 0.6 is 0 Å². The highest BCUT2D eigenvalue weighted by atomic mass is 16.2. The Morgan fingerprint density at radius 1 is 1.47 bits per heavy atom. The number of hydrogen-bond acceptors (Lipinski definition) is 3. The van der Waals surface area contributed by atoms with Crippen molar-refractivity contribution in [1.82, 2.24) is 5.32 Å². The average molecular weight is 259 g/mol. The molecule has 0 saturated carbocycles. The van der Waals surface area contributed by atoms with E-state index in [4.69, 9.17) is 5.26 Å². The first-order valence-electron chi connectivity index (χ1n) is 6.40. The van der Waals surface area contributed by atoms with Gasteiger partial charge in [0.15, 0.2) is 0 Å². The fourth-order valence-electron chi connectivity index (χ4n) is 1.62. The number of rotatable bonds is 5. The molecular formula is C15H21N3O. The van der Waals surface area contributed by atoms with Crippen LogP contribution in [0.4, 0.5) is 5.69 Å². The second kappa shape index (κ2) is 6.24. The van der Waals surface area contributed by atoms with Crippen LogP contribution in [0.15, 0.2) is 24.3 Å². The number of nitrogens with one attached hydrogen (secondary N) is 1. The molecule has 102 valence electrons. The van der Waals surface area contributed by atoms with Crippen molar-refractivity contribution >= 4 is 11.6 Å². The average Bonchev–Trinajstić information content (AvgIpc) is 2.38. The summed E-state index contributed by atoms with van der Waals surface area (Å²) in [6.07, 6.45) is 0.881. The summed E-state index contributed by atoms with van der Waals surface area (Å²) in [7, 11) is 1.84. The van der Waals surface area contributed by atoms with E-state index in [0.717, 1.165) is 12.1 Å². The Morgan fingerprint density at radius 2 is 2.16 bits per heavy atom. The number of likely N-dealkylation sites (N-methyl/N-ethyl adjacent to an activating group) is 1. The zero-order chi connectivity index (χ0) is 14.5. The van der Waals surface area contributed by atoms with E-state index in [1.165, 1.54) is 0 Å². The van der Waals surface area contributed by atoms with Crippen LogP contribution in [-0.4, -0.2) is 25.0 Å². The molecule has 4 heteroatoms. The number of carbonyl (C=O) groups excluding carboxylic acids is 1. The van der Waals surface area contributed by atoms with Crippen molar-refractivity contribution in [2.45, 2.75) is 32.7 Å². The van der Waals surface area contributed by atoms with Crippen LogP contribution < -0.4 is 10.2 Å². The van der Waals surface area contributed by atoms with Gasteiger partial charge >= 0.3 is 0 Å². The third-order valence-corrected chi connectivity index (χ3v) is 3.16. The molecule has 0 aliphatic rings. The van der Waals surface area contributed by atoms with Gasteiger partial charge in [-0.2, -0.15) is 5.26 Å². The van der Waals surface area contributed by atoms with Crippen LogP contribution in [0.3, 0.4) is 0 Å². The monoisotopic (exact) mass is 259 g/mol. The van der Waals surface area contributed by atoms with E-state index < -0.39 is 0 Å². The molecule has 0 spiro atoms. The summed E-state index contributed by atoms with van der Waals surface area (Å²) in [6, 6.07) is 9.33. The normalized spacial score (nSPS) is 10.7. The molecule has 0 atom stereocenters. The molecule has 4 nitrogen and oxygen atoms in total. The third-order valence-electron chi connectivity index (χ3n) is 3.16. The molecule has 1 amide bonds. The number of anilines is 1. The zero-order valence-corrected chi connectivity index (χ0v) is 12.0. The van der Waals surface area contributed by atoms with Crippen LogP contribution in [0.5, 0.6) is 0 Å². The Kier molecular flexibility index (Phi) is 4.94. The Morgan fingerprint density at radius 3 is 2.74 bits per heavy atom. The van der Waals surface area contributed by atoms with E-state index in [2.05, 4.69) is 11.4 Å². The summed E-state index contributed by atoms with van der Waals surface area (Å²) in [5.41, 5.74) is 1.27. The lowest BCUT2D eigenvalue weighted by Crippen LogP contribution is -2.46. The lowest BCUT2D eigenvalue weighted by Gasteiger charge is -2.27. The van der Waals surface area contributed by atoms with Crippen molar-refractivity contribution < 1.29 is 4.79 Å². The minimum atomic E-state index is -0.188. The van der Waals surface area contributed by atoms with Gasteiger partial charge in [0.25, 0.3) is 0 Å². The minimum Gasteiger partial charge on any atom is -0.365 e. The Balaban J connectivity index is 2.67. The highest BCUT2D eigenvalue weighted by Crippen LogP contribution is 2.14. The Bertz CT molecular complexity index is 488. The molecular weight excluding hydrogens is 238 g/mol. The van der Waals surface area contributed by atoms with Crippen molar-refractivity contribution in [3.8, 4) is 6.07 Å². The molecule has 0 unspecified atom stereocenters. The number of nitriles is 1. The van der Waals surface area contributed by atoms with Crippen LogP contribution in [0.2, 0.25) is 0 Å². The van der Waals surface area contributed by atoms with Gasteiger partial charge in [-0.25, -0.2) is 0 Å². The van der Waals surface area contributed by atoms with Crippen molar-refractivity contribution in [2.24, 2.45) is 0 Å². The molecule has 0 fully saturated rings. The van der Waals surface area contributed by atoms with Gasteiger partial charge in [-0.1, -0.05) is 13.0 Å². The van der Waals surface area contributed by atoms with Crippen LogP contribution in [0.1, 0.15) is 32.8 Å². The summed E-state index contributed by atoms with van der Waals surface area (Å²) in [6.45, 7) is 6.32. The quantitative estimate of drug-likeness (QED) is 0.882. The fourth-order valence-corrected chi connectivity index (χ4v) is 1.62. The zero-order valence-electron chi connectivity index (χ0n) is 12.0. The maximum atomic E-state index is 11.9. The first-order chi connectivity index (χ1) is 8.88. The van der Waals surface area contributed by atoms with E-state index in [1.807, 2.05) is 44.9 Å². The van der Waals surface area contributed by atoms with E-state index in [1.54, 1.807) is 12.1 Å². The fraction of sp³-hybridized carbons (Fsp3) is 0.467. The smallest absolute Gasteiger partial charge is 0.239 e.